The largest absolute Gasteiger partial charge is 0.311 e. The molecule has 0 amide bonds. The van der Waals surface area contributed by atoms with E-state index in [1.165, 1.54) is 66.8 Å². The van der Waals surface area contributed by atoms with Crippen molar-refractivity contribution in [1.29, 1.82) is 0 Å². The Morgan fingerprint density at radius 3 is 1.70 bits per heavy atom. The number of benzene rings is 7. The summed E-state index contributed by atoms with van der Waals surface area (Å²) in [4.78, 5) is 2.29. The average molecular weight is 694 g/mol. The standard InChI is InChI=1S/C53H43N/c1-5-6-9-19-37(2)54(41-32-30-38(31-33-41)43-26-18-27-47-45-25-14-16-28-48(45)52(3,4)51(43)47)42-34-35-46-44-24-15-17-29-49(44)53(50(46)36-42,39-20-10-7-11-21-39)40-22-12-8-13-23-40/h5-36H,2H2,1,3-4H3/b6-5-,19-9-. The summed E-state index contributed by atoms with van der Waals surface area (Å²) in [6.07, 6.45) is 8.26. The van der Waals surface area contributed by atoms with Crippen LogP contribution in [0.2, 0.25) is 0 Å². The summed E-state index contributed by atoms with van der Waals surface area (Å²) in [5, 5.41) is 0. The van der Waals surface area contributed by atoms with Gasteiger partial charge in [0.15, 0.2) is 0 Å². The first kappa shape index (κ1) is 33.4. The number of anilines is 2. The van der Waals surface area contributed by atoms with E-state index in [0.29, 0.717) is 0 Å². The van der Waals surface area contributed by atoms with Crippen molar-refractivity contribution < 1.29 is 0 Å². The Kier molecular flexibility index (Phi) is 8.17. The summed E-state index contributed by atoms with van der Waals surface area (Å²) in [5.41, 5.74) is 18.0. The highest BCUT2D eigenvalue weighted by molar-refractivity contribution is 5.90. The molecular formula is C53H43N. The zero-order valence-electron chi connectivity index (χ0n) is 31.1. The number of nitrogens with zero attached hydrogens (tertiary/aromatic N) is 1. The predicted octanol–water partition coefficient (Wildman–Crippen LogP) is 13.8. The van der Waals surface area contributed by atoms with Gasteiger partial charge in [0.25, 0.3) is 0 Å². The van der Waals surface area contributed by atoms with Gasteiger partial charge in [0, 0.05) is 22.5 Å². The third kappa shape index (κ3) is 5.07. The van der Waals surface area contributed by atoms with Crippen molar-refractivity contribution in [3.05, 3.63) is 240 Å². The molecule has 0 bridgehead atoms. The van der Waals surface area contributed by atoms with E-state index in [0.717, 1.165) is 17.1 Å². The van der Waals surface area contributed by atoms with E-state index >= 15 is 0 Å². The zero-order valence-corrected chi connectivity index (χ0v) is 31.1. The van der Waals surface area contributed by atoms with Gasteiger partial charge in [-0.05, 0) is 104 Å². The molecule has 9 rings (SSSR count). The second kappa shape index (κ2) is 13.2. The van der Waals surface area contributed by atoms with E-state index in [4.69, 9.17) is 0 Å². The number of rotatable bonds is 8. The first-order valence-corrected chi connectivity index (χ1v) is 18.9. The van der Waals surface area contributed by atoms with Gasteiger partial charge in [0.1, 0.15) is 0 Å². The van der Waals surface area contributed by atoms with Crippen LogP contribution in [0.4, 0.5) is 11.4 Å². The second-order valence-corrected chi connectivity index (χ2v) is 14.9. The number of allylic oxidation sites excluding steroid dienone is 4. The molecule has 7 aromatic carbocycles. The summed E-state index contributed by atoms with van der Waals surface area (Å²) < 4.78 is 0. The lowest BCUT2D eigenvalue weighted by molar-refractivity contribution is 0.662. The topological polar surface area (TPSA) is 3.24 Å². The zero-order chi connectivity index (χ0) is 36.9. The predicted molar refractivity (Wildman–Crippen MR) is 228 cm³/mol. The highest BCUT2D eigenvalue weighted by atomic mass is 15.1. The highest BCUT2D eigenvalue weighted by Crippen LogP contribution is 2.57. The second-order valence-electron chi connectivity index (χ2n) is 14.9. The van der Waals surface area contributed by atoms with Crippen molar-refractivity contribution in [2.75, 3.05) is 4.90 Å². The molecule has 0 aromatic heterocycles. The summed E-state index contributed by atoms with van der Waals surface area (Å²) in [6.45, 7) is 11.4. The molecule has 0 heterocycles. The minimum absolute atomic E-state index is 0.0922. The van der Waals surface area contributed by atoms with Crippen molar-refractivity contribution in [1.82, 2.24) is 0 Å². The van der Waals surface area contributed by atoms with Gasteiger partial charge < -0.3 is 4.90 Å². The van der Waals surface area contributed by atoms with E-state index in [-0.39, 0.29) is 5.41 Å². The molecule has 54 heavy (non-hydrogen) atoms. The van der Waals surface area contributed by atoms with E-state index in [1.54, 1.807) is 0 Å². The van der Waals surface area contributed by atoms with Crippen LogP contribution in [-0.2, 0) is 10.8 Å². The van der Waals surface area contributed by atoms with Gasteiger partial charge in [-0.3, -0.25) is 0 Å². The first-order valence-electron chi connectivity index (χ1n) is 18.9. The van der Waals surface area contributed by atoms with Crippen LogP contribution in [0, 0.1) is 0 Å². The minimum atomic E-state index is -0.486. The molecule has 260 valence electrons. The monoisotopic (exact) mass is 693 g/mol. The number of hydrogen-bond donors (Lipinski definition) is 0. The Hall–Kier alpha value is -6.44. The van der Waals surface area contributed by atoms with Crippen LogP contribution >= 0.6 is 0 Å². The third-order valence-corrected chi connectivity index (χ3v) is 11.6. The van der Waals surface area contributed by atoms with E-state index in [2.05, 4.69) is 213 Å². The summed E-state index contributed by atoms with van der Waals surface area (Å²) in [6, 6.07) is 62.6. The Labute approximate surface area is 319 Å². The lowest BCUT2D eigenvalue weighted by Crippen LogP contribution is -2.28. The van der Waals surface area contributed by atoms with Crippen molar-refractivity contribution in [2.45, 2.75) is 31.6 Å². The lowest BCUT2D eigenvalue weighted by Gasteiger charge is -2.35. The fourth-order valence-corrected chi connectivity index (χ4v) is 9.28. The van der Waals surface area contributed by atoms with Crippen molar-refractivity contribution in [3.8, 4) is 33.4 Å². The van der Waals surface area contributed by atoms with Gasteiger partial charge in [-0.15, -0.1) is 0 Å². The SMILES string of the molecule is C=C(/C=C\C=C/C)N(c1ccc(-c2cccc3c2C(C)(C)c2ccccc2-3)cc1)c1ccc2c(c1)C(c1ccccc1)(c1ccccc1)c1ccccc1-2. The summed E-state index contributed by atoms with van der Waals surface area (Å²) >= 11 is 0. The molecule has 2 aliphatic carbocycles. The summed E-state index contributed by atoms with van der Waals surface area (Å²) in [5.74, 6) is 0. The molecule has 0 atom stereocenters. The average Bonchev–Trinajstić information content (AvgIpc) is 3.65. The van der Waals surface area contributed by atoms with Gasteiger partial charge in [-0.1, -0.05) is 184 Å². The third-order valence-electron chi connectivity index (χ3n) is 11.6. The Morgan fingerprint density at radius 1 is 0.500 bits per heavy atom. The molecule has 1 heteroatoms. The normalized spacial score (nSPS) is 14.4. The van der Waals surface area contributed by atoms with Crippen LogP contribution in [0.3, 0.4) is 0 Å². The molecular weight excluding hydrogens is 651 g/mol. The maximum absolute atomic E-state index is 4.64. The van der Waals surface area contributed by atoms with Gasteiger partial charge in [0.2, 0.25) is 0 Å². The summed E-state index contributed by atoms with van der Waals surface area (Å²) in [7, 11) is 0. The van der Waals surface area contributed by atoms with E-state index < -0.39 is 5.41 Å². The molecule has 1 nitrogen and oxygen atoms in total. The van der Waals surface area contributed by atoms with Gasteiger partial charge in [-0.2, -0.15) is 0 Å². The molecule has 7 aromatic rings. The van der Waals surface area contributed by atoms with Gasteiger partial charge in [0.05, 0.1) is 5.41 Å². The van der Waals surface area contributed by atoms with Crippen molar-refractivity contribution >= 4 is 11.4 Å². The molecule has 0 saturated heterocycles. The highest BCUT2D eigenvalue weighted by Gasteiger charge is 2.46. The fourth-order valence-electron chi connectivity index (χ4n) is 9.28. The van der Waals surface area contributed by atoms with Crippen LogP contribution in [0.25, 0.3) is 33.4 Å². The van der Waals surface area contributed by atoms with Crippen LogP contribution in [0.1, 0.15) is 54.2 Å². The Balaban J connectivity index is 1.21. The first-order chi connectivity index (χ1) is 26.4. The van der Waals surface area contributed by atoms with Gasteiger partial charge >= 0.3 is 0 Å². The number of fused-ring (bicyclic) bond motifs is 6. The molecule has 0 unspecified atom stereocenters. The minimum Gasteiger partial charge on any atom is -0.311 e. The lowest BCUT2D eigenvalue weighted by atomic mass is 9.67. The molecule has 0 spiro atoms. The molecule has 0 fully saturated rings. The number of hydrogen-bond acceptors (Lipinski definition) is 1. The van der Waals surface area contributed by atoms with Gasteiger partial charge in [-0.25, -0.2) is 0 Å². The van der Waals surface area contributed by atoms with Crippen LogP contribution in [-0.4, -0.2) is 0 Å². The smallest absolute Gasteiger partial charge is 0.0714 e. The Morgan fingerprint density at radius 2 is 1.04 bits per heavy atom. The molecule has 0 radical (unpaired) electrons. The molecule has 0 saturated carbocycles. The van der Waals surface area contributed by atoms with E-state index in [9.17, 15) is 0 Å². The maximum atomic E-state index is 4.64. The molecule has 2 aliphatic rings. The fraction of sp³-hybridized carbons (Fsp3) is 0.0943. The van der Waals surface area contributed by atoms with Crippen LogP contribution < -0.4 is 4.90 Å². The maximum Gasteiger partial charge on any atom is 0.0714 e. The quantitative estimate of drug-likeness (QED) is 0.143. The van der Waals surface area contributed by atoms with Crippen molar-refractivity contribution in [3.63, 3.8) is 0 Å². The molecule has 0 aliphatic heterocycles. The van der Waals surface area contributed by atoms with Crippen LogP contribution in [0.5, 0.6) is 0 Å². The molecule has 0 N–H and O–H groups in total. The van der Waals surface area contributed by atoms with Crippen LogP contribution in [0.15, 0.2) is 206 Å². The van der Waals surface area contributed by atoms with E-state index in [1.807, 2.05) is 13.0 Å². The Bertz CT molecular complexity index is 2550. The van der Waals surface area contributed by atoms with Crippen molar-refractivity contribution in [2.24, 2.45) is 0 Å².